The molecule has 0 saturated carbocycles. The molecular formula is C11H19NO2S2. The van der Waals surface area contributed by atoms with Crippen molar-refractivity contribution in [2.45, 2.75) is 37.7 Å². The summed E-state index contributed by atoms with van der Waals surface area (Å²) in [7, 11) is -3.04. The largest absolute Gasteiger partial charge is 0.330 e. The van der Waals surface area contributed by atoms with Gasteiger partial charge in [0.05, 0.1) is 11.0 Å². The number of aryl methyl sites for hydroxylation is 1. The monoisotopic (exact) mass is 261 g/mol. The zero-order chi connectivity index (χ0) is 12.2. The molecule has 0 fully saturated rings. The van der Waals surface area contributed by atoms with Gasteiger partial charge in [0.2, 0.25) is 0 Å². The highest BCUT2D eigenvalue weighted by atomic mass is 32.2. The summed E-state index contributed by atoms with van der Waals surface area (Å²) >= 11 is 1.58. The fraction of sp³-hybridized carbons (Fsp3) is 0.636. The lowest BCUT2D eigenvalue weighted by Gasteiger charge is -2.10. The Labute approximate surface area is 102 Å². The predicted molar refractivity (Wildman–Crippen MR) is 69.5 cm³/mol. The van der Waals surface area contributed by atoms with Crippen molar-refractivity contribution in [1.82, 2.24) is 0 Å². The molecule has 92 valence electrons. The van der Waals surface area contributed by atoms with Crippen molar-refractivity contribution < 1.29 is 8.42 Å². The van der Waals surface area contributed by atoms with Crippen molar-refractivity contribution in [2.24, 2.45) is 5.73 Å². The Morgan fingerprint density at radius 1 is 1.38 bits per heavy atom. The van der Waals surface area contributed by atoms with Crippen LogP contribution in [0.25, 0.3) is 0 Å². The van der Waals surface area contributed by atoms with Gasteiger partial charge in [0.1, 0.15) is 0 Å². The Morgan fingerprint density at radius 3 is 2.50 bits per heavy atom. The number of hydrogen-bond acceptors (Lipinski definition) is 4. The van der Waals surface area contributed by atoms with Gasteiger partial charge in [-0.15, -0.1) is 11.3 Å². The molecular weight excluding hydrogens is 242 g/mol. The third kappa shape index (κ3) is 3.57. The van der Waals surface area contributed by atoms with Crippen molar-refractivity contribution in [2.75, 3.05) is 6.54 Å². The second kappa shape index (κ2) is 5.80. The van der Waals surface area contributed by atoms with Gasteiger partial charge in [0, 0.05) is 9.75 Å². The van der Waals surface area contributed by atoms with E-state index < -0.39 is 9.84 Å². The number of nitrogens with two attached hydrogens (primary N) is 1. The standard InChI is InChI=1S/C11H19NO2S2/c1-3-10-4-5-11(15-10)8-16(13,14)9(2)6-7-12/h4-5,9H,3,6-8,12H2,1-2H3. The summed E-state index contributed by atoms with van der Waals surface area (Å²) in [5.74, 6) is 0.152. The molecule has 0 aromatic carbocycles. The molecule has 0 bridgehead atoms. The molecule has 1 heterocycles. The van der Waals surface area contributed by atoms with Crippen LogP contribution >= 0.6 is 11.3 Å². The highest BCUT2D eigenvalue weighted by Gasteiger charge is 2.21. The molecule has 1 aromatic heterocycles. The van der Waals surface area contributed by atoms with Crippen LogP contribution in [-0.4, -0.2) is 20.2 Å². The lowest BCUT2D eigenvalue weighted by molar-refractivity contribution is 0.578. The molecule has 0 aliphatic carbocycles. The number of rotatable bonds is 6. The van der Waals surface area contributed by atoms with Crippen LogP contribution < -0.4 is 5.73 Å². The SMILES string of the molecule is CCc1ccc(CS(=O)(=O)C(C)CCN)s1. The van der Waals surface area contributed by atoms with Crippen LogP contribution in [0.15, 0.2) is 12.1 Å². The molecule has 0 radical (unpaired) electrons. The van der Waals surface area contributed by atoms with E-state index in [9.17, 15) is 8.42 Å². The van der Waals surface area contributed by atoms with Gasteiger partial charge < -0.3 is 5.73 Å². The van der Waals surface area contributed by atoms with Crippen LogP contribution in [0.3, 0.4) is 0 Å². The summed E-state index contributed by atoms with van der Waals surface area (Å²) in [6.45, 7) is 4.22. The van der Waals surface area contributed by atoms with Gasteiger partial charge in [0.15, 0.2) is 9.84 Å². The van der Waals surface area contributed by atoms with E-state index in [0.717, 1.165) is 11.3 Å². The molecule has 5 heteroatoms. The van der Waals surface area contributed by atoms with Gasteiger partial charge >= 0.3 is 0 Å². The van der Waals surface area contributed by atoms with E-state index in [-0.39, 0.29) is 11.0 Å². The molecule has 0 aliphatic rings. The van der Waals surface area contributed by atoms with E-state index in [1.54, 1.807) is 18.3 Å². The van der Waals surface area contributed by atoms with Crippen LogP contribution in [-0.2, 0) is 22.0 Å². The van der Waals surface area contributed by atoms with Gasteiger partial charge in [-0.25, -0.2) is 8.42 Å². The first-order valence-corrected chi connectivity index (χ1v) is 8.02. The Balaban J connectivity index is 2.72. The summed E-state index contributed by atoms with van der Waals surface area (Å²) in [5, 5.41) is -0.343. The Morgan fingerprint density at radius 2 is 2.00 bits per heavy atom. The van der Waals surface area contributed by atoms with E-state index in [1.165, 1.54) is 4.88 Å². The lowest BCUT2D eigenvalue weighted by atomic mass is 10.3. The van der Waals surface area contributed by atoms with Crippen LogP contribution in [0, 0.1) is 0 Å². The summed E-state index contributed by atoms with van der Waals surface area (Å²) in [6.07, 6.45) is 1.50. The first-order chi connectivity index (χ1) is 7.49. The maximum Gasteiger partial charge on any atom is 0.157 e. The van der Waals surface area contributed by atoms with Crippen molar-refractivity contribution in [3.05, 3.63) is 21.9 Å². The van der Waals surface area contributed by atoms with Crippen LogP contribution in [0.1, 0.15) is 30.0 Å². The van der Waals surface area contributed by atoms with Crippen molar-refractivity contribution >= 4 is 21.2 Å². The van der Waals surface area contributed by atoms with Gasteiger partial charge in [-0.1, -0.05) is 6.92 Å². The zero-order valence-corrected chi connectivity index (χ0v) is 11.4. The average Bonchev–Trinajstić information content (AvgIpc) is 2.65. The third-order valence-corrected chi connectivity index (χ3v) is 6.18. The number of sulfone groups is 1. The molecule has 0 aliphatic heterocycles. The van der Waals surface area contributed by atoms with Gasteiger partial charge in [-0.2, -0.15) is 0 Å². The summed E-state index contributed by atoms with van der Waals surface area (Å²) in [6, 6.07) is 3.92. The summed E-state index contributed by atoms with van der Waals surface area (Å²) in [4.78, 5) is 2.16. The van der Waals surface area contributed by atoms with Gasteiger partial charge in [-0.3, -0.25) is 0 Å². The Hall–Kier alpha value is -0.390. The minimum absolute atomic E-state index is 0.152. The van der Waals surface area contributed by atoms with Crippen molar-refractivity contribution in [3.8, 4) is 0 Å². The average molecular weight is 261 g/mol. The molecule has 16 heavy (non-hydrogen) atoms. The van der Waals surface area contributed by atoms with Crippen molar-refractivity contribution in [1.29, 1.82) is 0 Å². The maximum absolute atomic E-state index is 11.9. The van der Waals surface area contributed by atoms with E-state index in [2.05, 4.69) is 6.92 Å². The quantitative estimate of drug-likeness (QED) is 0.851. The molecule has 1 unspecified atom stereocenters. The van der Waals surface area contributed by atoms with E-state index in [4.69, 9.17) is 5.73 Å². The van der Waals surface area contributed by atoms with E-state index in [0.29, 0.717) is 13.0 Å². The van der Waals surface area contributed by atoms with Crippen LogP contribution in [0.4, 0.5) is 0 Å². The molecule has 1 aromatic rings. The number of hydrogen-bond donors (Lipinski definition) is 1. The molecule has 2 N–H and O–H groups in total. The fourth-order valence-electron chi connectivity index (χ4n) is 1.44. The van der Waals surface area contributed by atoms with Crippen LogP contribution in [0.2, 0.25) is 0 Å². The highest BCUT2D eigenvalue weighted by molar-refractivity contribution is 7.91. The fourth-order valence-corrected chi connectivity index (χ4v) is 4.20. The molecule has 1 atom stereocenters. The first kappa shape index (κ1) is 13.7. The predicted octanol–water partition coefficient (Wildman–Crippen LogP) is 1.96. The minimum atomic E-state index is -3.04. The first-order valence-electron chi connectivity index (χ1n) is 5.48. The second-order valence-electron chi connectivity index (χ2n) is 3.92. The molecule has 3 nitrogen and oxygen atoms in total. The third-order valence-electron chi connectivity index (χ3n) is 2.60. The minimum Gasteiger partial charge on any atom is -0.330 e. The smallest absolute Gasteiger partial charge is 0.157 e. The zero-order valence-electron chi connectivity index (χ0n) is 9.77. The number of thiophene rings is 1. The molecule has 0 spiro atoms. The second-order valence-corrected chi connectivity index (χ2v) is 7.59. The molecule has 1 rings (SSSR count). The van der Waals surface area contributed by atoms with Gasteiger partial charge in [0.25, 0.3) is 0 Å². The highest BCUT2D eigenvalue weighted by Crippen LogP contribution is 2.21. The normalized spacial score (nSPS) is 13.9. The van der Waals surface area contributed by atoms with Crippen LogP contribution in [0.5, 0.6) is 0 Å². The topological polar surface area (TPSA) is 60.2 Å². The molecule has 0 amide bonds. The molecule has 0 saturated heterocycles. The summed E-state index contributed by atoms with van der Waals surface area (Å²) < 4.78 is 23.9. The lowest BCUT2D eigenvalue weighted by Crippen LogP contribution is -2.22. The van der Waals surface area contributed by atoms with Crippen molar-refractivity contribution in [3.63, 3.8) is 0 Å². The Bertz CT molecular complexity index is 423. The summed E-state index contributed by atoms with van der Waals surface area (Å²) in [5.41, 5.74) is 5.38. The van der Waals surface area contributed by atoms with Gasteiger partial charge in [-0.05, 0) is 38.4 Å². The van der Waals surface area contributed by atoms with E-state index >= 15 is 0 Å². The Kier molecular flexibility index (Phi) is 4.95. The maximum atomic E-state index is 11.9. The van der Waals surface area contributed by atoms with E-state index in [1.807, 2.05) is 12.1 Å².